The highest BCUT2D eigenvalue weighted by atomic mass is 35.5. The summed E-state index contributed by atoms with van der Waals surface area (Å²) in [5, 5.41) is 2.85. The molecule has 1 nitrogen and oxygen atoms in total. The first kappa shape index (κ1) is 14.0. The molecule has 0 bridgehead atoms. The summed E-state index contributed by atoms with van der Waals surface area (Å²) >= 11 is 11.6. The highest BCUT2D eigenvalue weighted by Gasteiger charge is 2.10. The molecule has 0 spiro atoms. The molecule has 2 rings (SSSR count). The third kappa shape index (κ3) is 3.33. The molecule has 0 atom stereocenters. The molecule has 0 aliphatic carbocycles. The molecule has 1 N–H and O–H groups in total. The van der Waals surface area contributed by atoms with E-state index < -0.39 is 17.5 Å². The quantitative estimate of drug-likeness (QED) is 0.839. The summed E-state index contributed by atoms with van der Waals surface area (Å²) in [6.07, 6.45) is 0. The molecular formula is C13H8Cl2F3N. The summed E-state index contributed by atoms with van der Waals surface area (Å²) in [5.74, 6) is -2.02. The van der Waals surface area contributed by atoms with Crippen LogP contribution in [-0.2, 0) is 6.54 Å². The van der Waals surface area contributed by atoms with Gasteiger partial charge in [0.25, 0.3) is 0 Å². The van der Waals surface area contributed by atoms with E-state index >= 15 is 0 Å². The van der Waals surface area contributed by atoms with Gasteiger partial charge in [0.2, 0.25) is 0 Å². The number of rotatable bonds is 3. The molecule has 6 heteroatoms. The fraction of sp³-hybridized carbons (Fsp3) is 0.0769. The Balaban J connectivity index is 2.19. The third-order valence-electron chi connectivity index (χ3n) is 2.48. The molecular weight excluding hydrogens is 298 g/mol. The largest absolute Gasteiger partial charge is 0.377 e. The summed E-state index contributed by atoms with van der Waals surface area (Å²) in [7, 11) is 0. The van der Waals surface area contributed by atoms with Crippen LogP contribution in [0.4, 0.5) is 18.9 Å². The zero-order valence-corrected chi connectivity index (χ0v) is 11.0. The van der Waals surface area contributed by atoms with E-state index in [2.05, 4.69) is 5.32 Å². The fourth-order valence-corrected chi connectivity index (χ4v) is 2.06. The highest BCUT2D eigenvalue weighted by molar-refractivity contribution is 6.33. The maximum Gasteiger partial charge on any atom is 0.150 e. The van der Waals surface area contributed by atoms with Gasteiger partial charge >= 0.3 is 0 Å². The summed E-state index contributed by atoms with van der Waals surface area (Å²) in [4.78, 5) is 0. The monoisotopic (exact) mass is 305 g/mol. The molecule has 0 aromatic heterocycles. The van der Waals surface area contributed by atoms with E-state index in [1.807, 2.05) is 0 Å². The van der Waals surface area contributed by atoms with Crippen LogP contribution in [0.25, 0.3) is 0 Å². The van der Waals surface area contributed by atoms with Gasteiger partial charge in [0.15, 0.2) is 5.82 Å². The van der Waals surface area contributed by atoms with Gasteiger partial charge in [-0.3, -0.25) is 0 Å². The summed E-state index contributed by atoms with van der Waals surface area (Å²) in [6.45, 7) is 0.140. The highest BCUT2D eigenvalue weighted by Crippen LogP contribution is 2.27. The first-order valence-electron chi connectivity index (χ1n) is 5.29. The number of hydrogen-bond donors (Lipinski definition) is 1. The van der Waals surface area contributed by atoms with E-state index in [0.717, 1.165) is 18.2 Å². The maximum atomic E-state index is 13.5. The van der Waals surface area contributed by atoms with E-state index in [9.17, 15) is 13.2 Å². The second-order valence-electron chi connectivity index (χ2n) is 3.83. The predicted molar refractivity (Wildman–Crippen MR) is 70.1 cm³/mol. The van der Waals surface area contributed by atoms with E-state index in [0.29, 0.717) is 5.56 Å². The molecule has 0 fully saturated rings. The first-order chi connectivity index (χ1) is 8.97. The molecule has 0 unspecified atom stereocenters. The standard InChI is InChI=1S/C13H8Cl2F3N/c14-10-3-8(16)2-1-7(10)6-19-13-11(15)4-9(17)5-12(13)18/h1-5,19H,6H2. The van der Waals surface area contributed by atoms with Gasteiger partial charge in [0.05, 0.1) is 10.7 Å². The van der Waals surface area contributed by atoms with Crippen LogP contribution in [0.3, 0.4) is 0 Å². The molecule has 0 saturated carbocycles. The average molecular weight is 306 g/mol. The molecule has 0 heterocycles. The van der Waals surface area contributed by atoms with Gasteiger partial charge in [-0.1, -0.05) is 29.3 Å². The second-order valence-corrected chi connectivity index (χ2v) is 4.65. The normalized spacial score (nSPS) is 10.6. The Labute approximate surface area is 118 Å². The Morgan fingerprint density at radius 1 is 0.895 bits per heavy atom. The lowest BCUT2D eigenvalue weighted by Crippen LogP contribution is -2.03. The predicted octanol–water partition coefficient (Wildman–Crippen LogP) is 5.02. The topological polar surface area (TPSA) is 12.0 Å². The zero-order chi connectivity index (χ0) is 14.0. The van der Waals surface area contributed by atoms with Gasteiger partial charge in [0, 0.05) is 17.6 Å². The minimum Gasteiger partial charge on any atom is -0.377 e. The first-order valence-corrected chi connectivity index (χ1v) is 6.05. The van der Waals surface area contributed by atoms with Crippen LogP contribution in [0.5, 0.6) is 0 Å². The Kier molecular flexibility index (Phi) is 4.22. The molecule has 0 aliphatic heterocycles. The van der Waals surface area contributed by atoms with Crippen molar-refractivity contribution in [2.75, 3.05) is 5.32 Å². The van der Waals surface area contributed by atoms with Crippen molar-refractivity contribution in [3.63, 3.8) is 0 Å². The van der Waals surface area contributed by atoms with Crippen LogP contribution < -0.4 is 5.32 Å². The van der Waals surface area contributed by atoms with Crippen molar-refractivity contribution in [1.82, 2.24) is 0 Å². The van der Waals surface area contributed by atoms with Gasteiger partial charge in [-0.15, -0.1) is 0 Å². The SMILES string of the molecule is Fc1ccc(CNc2c(F)cc(F)cc2Cl)c(Cl)c1. The second kappa shape index (κ2) is 5.72. The minimum atomic E-state index is -0.803. The van der Waals surface area contributed by atoms with Crippen molar-refractivity contribution < 1.29 is 13.2 Å². The smallest absolute Gasteiger partial charge is 0.150 e. The van der Waals surface area contributed by atoms with Crippen molar-refractivity contribution in [1.29, 1.82) is 0 Å². The van der Waals surface area contributed by atoms with Crippen LogP contribution in [0.15, 0.2) is 30.3 Å². The molecule has 0 radical (unpaired) electrons. The lowest BCUT2D eigenvalue weighted by Gasteiger charge is -2.11. The van der Waals surface area contributed by atoms with Gasteiger partial charge in [0.1, 0.15) is 11.6 Å². The zero-order valence-electron chi connectivity index (χ0n) is 9.48. The van der Waals surface area contributed by atoms with Gasteiger partial charge < -0.3 is 5.32 Å². The third-order valence-corrected chi connectivity index (χ3v) is 3.13. The number of benzene rings is 2. The van der Waals surface area contributed by atoms with Crippen LogP contribution in [0.2, 0.25) is 10.0 Å². The van der Waals surface area contributed by atoms with Crippen LogP contribution in [0, 0.1) is 17.5 Å². The fourth-order valence-electron chi connectivity index (χ4n) is 1.56. The van der Waals surface area contributed by atoms with E-state index in [1.54, 1.807) is 0 Å². The van der Waals surface area contributed by atoms with Crippen molar-refractivity contribution in [2.45, 2.75) is 6.54 Å². The van der Waals surface area contributed by atoms with Crippen LogP contribution in [0.1, 0.15) is 5.56 Å². The lowest BCUT2D eigenvalue weighted by molar-refractivity contribution is 0.585. The van der Waals surface area contributed by atoms with Crippen LogP contribution in [-0.4, -0.2) is 0 Å². The molecule has 2 aromatic carbocycles. The van der Waals surface area contributed by atoms with Crippen molar-refractivity contribution in [2.24, 2.45) is 0 Å². The minimum absolute atomic E-state index is 0.0246. The molecule has 19 heavy (non-hydrogen) atoms. The Hall–Kier alpha value is -1.39. The summed E-state index contributed by atoms with van der Waals surface area (Å²) in [6, 6.07) is 5.59. The number of hydrogen-bond acceptors (Lipinski definition) is 1. The molecule has 0 aliphatic rings. The summed E-state index contributed by atoms with van der Waals surface area (Å²) < 4.78 is 39.2. The van der Waals surface area contributed by atoms with Gasteiger partial charge in [-0.25, -0.2) is 13.2 Å². The Morgan fingerprint density at radius 3 is 2.21 bits per heavy atom. The van der Waals surface area contributed by atoms with Crippen LogP contribution >= 0.6 is 23.2 Å². The van der Waals surface area contributed by atoms with E-state index in [1.165, 1.54) is 12.1 Å². The number of anilines is 1. The molecule has 100 valence electrons. The maximum absolute atomic E-state index is 13.5. The number of halogens is 5. The molecule has 2 aromatic rings. The molecule has 0 saturated heterocycles. The molecule has 0 amide bonds. The lowest BCUT2D eigenvalue weighted by atomic mass is 10.2. The van der Waals surface area contributed by atoms with E-state index in [4.69, 9.17) is 23.2 Å². The van der Waals surface area contributed by atoms with Crippen molar-refractivity contribution >= 4 is 28.9 Å². The average Bonchev–Trinajstić information content (AvgIpc) is 2.30. The van der Waals surface area contributed by atoms with Crippen molar-refractivity contribution in [3.8, 4) is 0 Å². The van der Waals surface area contributed by atoms with Crippen molar-refractivity contribution in [3.05, 3.63) is 63.4 Å². The van der Waals surface area contributed by atoms with E-state index in [-0.39, 0.29) is 22.3 Å². The number of nitrogens with one attached hydrogen (secondary N) is 1. The van der Waals surface area contributed by atoms with Gasteiger partial charge in [-0.2, -0.15) is 0 Å². The van der Waals surface area contributed by atoms with Gasteiger partial charge in [-0.05, 0) is 23.8 Å². The Morgan fingerprint density at radius 2 is 1.58 bits per heavy atom. The Bertz CT molecular complexity index is 594. The summed E-state index contributed by atoms with van der Waals surface area (Å²) in [5.41, 5.74) is 0.548.